The Morgan fingerprint density at radius 3 is 2.68 bits per heavy atom. The van der Waals surface area contributed by atoms with Crippen LogP contribution in [-0.2, 0) is 20.7 Å². The number of benzene rings is 1. The Morgan fingerprint density at radius 2 is 2.00 bits per heavy atom. The maximum Gasteiger partial charge on any atom is 0.310 e. The van der Waals surface area contributed by atoms with Crippen LogP contribution in [0, 0.1) is 5.92 Å². The minimum atomic E-state index is -0.149. The van der Waals surface area contributed by atoms with Crippen LogP contribution in [0.15, 0.2) is 24.3 Å². The summed E-state index contributed by atoms with van der Waals surface area (Å²) in [5, 5.41) is 0. The topological polar surface area (TPSA) is 49.9 Å². The van der Waals surface area contributed by atoms with Gasteiger partial charge in [-0.05, 0) is 50.4 Å². The number of likely N-dealkylation sites (tertiary alicyclic amines) is 1. The first kappa shape index (κ1) is 19.4. The summed E-state index contributed by atoms with van der Waals surface area (Å²) in [6, 6.07) is 8.22. The monoisotopic (exact) mass is 346 g/mol. The number of aryl methyl sites for hydroxylation is 1. The number of ether oxygens (including phenoxy) is 1. The Balaban J connectivity index is 2.22. The zero-order valence-corrected chi connectivity index (χ0v) is 15.8. The zero-order valence-electron chi connectivity index (χ0n) is 15.8. The Hall–Kier alpha value is -1.88. The summed E-state index contributed by atoms with van der Waals surface area (Å²) in [7, 11) is 5.61. The van der Waals surface area contributed by atoms with Gasteiger partial charge < -0.3 is 14.5 Å². The summed E-state index contributed by atoms with van der Waals surface area (Å²) < 4.78 is 5.32. The lowest BCUT2D eigenvalue weighted by atomic mass is 9.78. The van der Waals surface area contributed by atoms with Crippen molar-refractivity contribution in [2.75, 3.05) is 40.8 Å². The molecule has 0 aliphatic carbocycles. The van der Waals surface area contributed by atoms with Gasteiger partial charge in [-0.15, -0.1) is 0 Å². The predicted molar refractivity (Wildman–Crippen MR) is 98.4 cm³/mol. The van der Waals surface area contributed by atoms with Crippen LogP contribution in [0.2, 0.25) is 0 Å². The van der Waals surface area contributed by atoms with Gasteiger partial charge in [0.1, 0.15) is 0 Å². The number of rotatable bonds is 6. The Kier molecular flexibility index (Phi) is 7.00. The first-order valence-electron chi connectivity index (χ1n) is 9.07. The molecule has 1 aliphatic heterocycles. The highest BCUT2D eigenvalue weighted by molar-refractivity contribution is 5.76. The second-order valence-corrected chi connectivity index (χ2v) is 7.00. The average Bonchev–Trinajstić information content (AvgIpc) is 2.60. The van der Waals surface area contributed by atoms with E-state index in [1.807, 2.05) is 26.1 Å². The molecule has 1 aliphatic rings. The van der Waals surface area contributed by atoms with Gasteiger partial charge in [-0.25, -0.2) is 0 Å². The lowest BCUT2D eigenvalue weighted by molar-refractivity contribution is -0.150. The second kappa shape index (κ2) is 8.99. The van der Waals surface area contributed by atoms with E-state index in [4.69, 9.17) is 4.74 Å². The minimum absolute atomic E-state index is 0.113. The molecule has 25 heavy (non-hydrogen) atoms. The second-order valence-electron chi connectivity index (χ2n) is 7.00. The standard InChI is InChI=1S/C20H30N2O3/c1-5-25-20(24)18-14-22(4)13-12-17(18)16-9-7-6-8-15(16)10-11-19(23)21(2)3/h6-9,17-18H,5,10-14H2,1-4H3. The van der Waals surface area contributed by atoms with E-state index < -0.39 is 0 Å². The lowest BCUT2D eigenvalue weighted by Crippen LogP contribution is -2.41. The van der Waals surface area contributed by atoms with Crippen molar-refractivity contribution < 1.29 is 14.3 Å². The van der Waals surface area contributed by atoms with Crippen LogP contribution >= 0.6 is 0 Å². The predicted octanol–water partition coefficient (Wildman–Crippen LogP) is 2.31. The number of carbonyl (C=O) groups excluding carboxylic acids is 2. The van der Waals surface area contributed by atoms with Crippen molar-refractivity contribution in [2.24, 2.45) is 5.92 Å². The summed E-state index contributed by atoms with van der Waals surface area (Å²) in [5.74, 6) is 0.0173. The number of piperidine rings is 1. The maximum absolute atomic E-state index is 12.5. The molecule has 2 unspecified atom stereocenters. The number of esters is 1. The highest BCUT2D eigenvalue weighted by Crippen LogP contribution is 2.35. The van der Waals surface area contributed by atoms with Gasteiger partial charge in [0, 0.05) is 27.1 Å². The van der Waals surface area contributed by atoms with Crippen LogP contribution in [0.4, 0.5) is 0 Å². The first-order valence-corrected chi connectivity index (χ1v) is 9.07. The van der Waals surface area contributed by atoms with Crippen molar-refractivity contribution in [3.05, 3.63) is 35.4 Å². The summed E-state index contributed by atoms with van der Waals surface area (Å²) >= 11 is 0. The van der Waals surface area contributed by atoms with Crippen LogP contribution in [0.25, 0.3) is 0 Å². The molecule has 0 saturated carbocycles. The summed E-state index contributed by atoms with van der Waals surface area (Å²) in [4.78, 5) is 28.2. The molecule has 0 radical (unpaired) electrons. The molecule has 1 aromatic carbocycles. The molecule has 2 atom stereocenters. The molecule has 138 valence electrons. The van der Waals surface area contributed by atoms with E-state index in [0.717, 1.165) is 13.0 Å². The van der Waals surface area contributed by atoms with Crippen LogP contribution in [0.5, 0.6) is 0 Å². The van der Waals surface area contributed by atoms with Crippen molar-refractivity contribution in [1.29, 1.82) is 0 Å². The quantitative estimate of drug-likeness (QED) is 0.742. The third-order valence-electron chi connectivity index (χ3n) is 4.97. The lowest BCUT2D eigenvalue weighted by Gasteiger charge is -2.36. The molecule has 1 fully saturated rings. The largest absolute Gasteiger partial charge is 0.466 e. The first-order chi connectivity index (χ1) is 11.9. The SMILES string of the molecule is CCOC(=O)C1CN(C)CCC1c1ccccc1CCC(=O)N(C)C. The molecule has 0 bridgehead atoms. The van der Waals surface area contributed by atoms with E-state index in [-0.39, 0.29) is 23.7 Å². The highest BCUT2D eigenvalue weighted by Gasteiger charge is 2.36. The van der Waals surface area contributed by atoms with Crippen LogP contribution in [0.3, 0.4) is 0 Å². The van der Waals surface area contributed by atoms with E-state index in [2.05, 4.69) is 17.0 Å². The number of carbonyl (C=O) groups is 2. The molecule has 0 aromatic heterocycles. The molecular formula is C20H30N2O3. The third-order valence-corrected chi connectivity index (χ3v) is 4.97. The van der Waals surface area contributed by atoms with Gasteiger partial charge in [-0.2, -0.15) is 0 Å². The molecule has 5 nitrogen and oxygen atoms in total. The van der Waals surface area contributed by atoms with Gasteiger partial charge in [-0.1, -0.05) is 24.3 Å². The van der Waals surface area contributed by atoms with E-state index in [0.29, 0.717) is 26.0 Å². The Bertz CT molecular complexity index is 600. The Morgan fingerprint density at radius 1 is 1.28 bits per heavy atom. The van der Waals surface area contributed by atoms with Gasteiger partial charge in [0.2, 0.25) is 5.91 Å². The molecule has 1 heterocycles. The number of nitrogens with zero attached hydrogens (tertiary/aromatic N) is 2. The highest BCUT2D eigenvalue weighted by atomic mass is 16.5. The molecule has 0 spiro atoms. The number of amides is 1. The fourth-order valence-corrected chi connectivity index (χ4v) is 3.56. The van der Waals surface area contributed by atoms with Crippen LogP contribution in [0.1, 0.15) is 36.8 Å². The molecule has 1 saturated heterocycles. The van der Waals surface area contributed by atoms with E-state index in [1.165, 1.54) is 11.1 Å². The van der Waals surface area contributed by atoms with Crippen LogP contribution < -0.4 is 0 Å². The summed E-state index contributed by atoms with van der Waals surface area (Å²) in [6.07, 6.45) is 2.12. The van der Waals surface area contributed by atoms with E-state index in [9.17, 15) is 9.59 Å². The van der Waals surface area contributed by atoms with Crippen LogP contribution in [-0.4, -0.2) is 62.5 Å². The summed E-state index contributed by atoms with van der Waals surface area (Å²) in [6.45, 7) is 3.94. The molecule has 5 heteroatoms. The molecular weight excluding hydrogens is 316 g/mol. The van der Waals surface area contributed by atoms with Crippen molar-refractivity contribution in [3.63, 3.8) is 0 Å². The number of hydrogen-bond acceptors (Lipinski definition) is 4. The van der Waals surface area contributed by atoms with Crippen molar-refractivity contribution >= 4 is 11.9 Å². The fourth-order valence-electron chi connectivity index (χ4n) is 3.56. The summed E-state index contributed by atoms with van der Waals surface area (Å²) in [5.41, 5.74) is 2.36. The van der Waals surface area contributed by atoms with Crippen molar-refractivity contribution in [1.82, 2.24) is 9.80 Å². The average molecular weight is 346 g/mol. The van der Waals surface area contributed by atoms with Gasteiger partial charge in [0.25, 0.3) is 0 Å². The van der Waals surface area contributed by atoms with Gasteiger partial charge in [-0.3, -0.25) is 9.59 Å². The van der Waals surface area contributed by atoms with Crippen molar-refractivity contribution in [2.45, 2.75) is 32.1 Å². The zero-order chi connectivity index (χ0) is 18.4. The van der Waals surface area contributed by atoms with Gasteiger partial charge >= 0.3 is 5.97 Å². The molecule has 0 N–H and O–H groups in total. The molecule has 1 aromatic rings. The van der Waals surface area contributed by atoms with E-state index >= 15 is 0 Å². The van der Waals surface area contributed by atoms with Gasteiger partial charge in [0.05, 0.1) is 12.5 Å². The minimum Gasteiger partial charge on any atom is -0.466 e. The third kappa shape index (κ3) is 5.05. The molecule has 1 amide bonds. The smallest absolute Gasteiger partial charge is 0.310 e. The van der Waals surface area contributed by atoms with Gasteiger partial charge in [0.15, 0.2) is 0 Å². The van der Waals surface area contributed by atoms with Crippen molar-refractivity contribution in [3.8, 4) is 0 Å². The molecule has 2 rings (SSSR count). The van der Waals surface area contributed by atoms with E-state index in [1.54, 1.807) is 19.0 Å². The number of hydrogen-bond donors (Lipinski definition) is 0. The Labute approximate surface area is 150 Å². The fraction of sp³-hybridized carbons (Fsp3) is 0.600. The maximum atomic E-state index is 12.5. The normalized spacial score (nSPS) is 21.0.